The molecule has 0 aromatic rings. The van der Waals surface area contributed by atoms with E-state index in [2.05, 4.69) is 6.58 Å². The molecule has 0 amide bonds. The third kappa shape index (κ3) is 6.62. The minimum Gasteiger partial charge on any atom is -0.460 e. The molecule has 0 saturated carbocycles. The number of unbranched alkanes of at least 4 members (excludes halogenated alkanes) is 1. The van der Waals surface area contributed by atoms with Gasteiger partial charge in [-0.05, 0) is 31.9 Å². The number of ether oxygens (including phenoxy) is 1. The van der Waals surface area contributed by atoms with Crippen LogP contribution in [0.2, 0.25) is 0 Å². The molecule has 0 radical (unpaired) electrons. The maximum atomic E-state index is 11.2. The van der Waals surface area contributed by atoms with Crippen molar-refractivity contribution in [3.05, 3.63) is 12.2 Å². The molecule has 82 valence electrons. The first-order chi connectivity index (χ1) is 6.57. The number of hydrogen-bond donors (Lipinski definition) is 2. The predicted molar refractivity (Wildman–Crippen MR) is 56.7 cm³/mol. The summed E-state index contributed by atoms with van der Waals surface area (Å²) in [7, 11) is 0. The van der Waals surface area contributed by atoms with Crippen LogP contribution in [0.25, 0.3) is 0 Å². The number of nitrogens with two attached hydrogens (primary N) is 2. The molecule has 14 heavy (non-hydrogen) atoms. The Kier molecular flexibility index (Phi) is 7.06. The highest BCUT2D eigenvalue weighted by molar-refractivity contribution is 5.75. The Bertz CT molecular complexity index is 193. The van der Waals surface area contributed by atoms with E-state index in [1.165, 1.54) is 0 Å². The van der Waals surface area contributed by atoms with E-state index in [9.17, 15) is 4.79 Å². The van der Waals surface area contributed by atoms with E-state index in [0.29, 0.717) is 13.0 Å². The number of esters is 1. The Morgan fingerprint density at radius 3 is 2.64 bits per heavy atom. The lowest BCUT2D eigenvalue weighted by Crippen LogP contribution is -2.32. The van der Waals surface area contributed by atoms with Crippen LogP contribution in [0.3, 0.4) is 0 Å². The van der Waals surface area contributed by atoms with E-state index in [4.69, 9.17) is 16.2 Å². The number of carbonyl (C=O) groups is 1. The second-order valence-electron chi connectivity index (χ2n) is 3.46. The van der Waals surface area contributed by atoms with Crippen LogP contribution in [0.1, 0.15) is 26.2 Å². The van der Waals surface area contributed by atoms with Gasteiger partial charge in [-0.15, -0.1) is 0 Å². The maximum Gasteiger partial charge on any atom is 0.323 e. The first kappa shape index (κ1) is 13.1. The van der Waals surface area contributed by atoms with Crippen LogP contribution >= 0.6 is 0 Å². The second kappa shape index (κ2) is 7.53. The molecule has 4 N–H and O–H groups in total. The highest BCUT2D eigenvalue weighted by atomic mass is 16.5. The van der Waals surface area contributed by atoms with Crippen LogP contribution in [-0.4, -0.2) is 25.2 Å². The van der Waals surface area contributed by atoms with Crippen LogP contribution in [0.4, 0.5) is 0 Å². The molecular weight excluding hydrogens is 180 g/mol. The van der Waals surface area contributed by atoms with Gasteiger partial charge < -0.3 is 16.2 Å². The molecule has 0 aromatic carbocycles. The fraction of sp³-hybridized carbons (Fsp3) is 0.700. The highest BCUT2D eigenvalue weighted by Crippen LogP contribution is 2.00. The van der Waals surface area contributed by atoms with Gasteiger partial charge in [-0.25, -0.2) is 0 Å². The molecule has 0 aromatic heterocycles. The van der Waals surface area contributed by atoms with Crippen LogP contribution in [0, 0.1) is 0 Å². The van der Waals surface area contributed by atoms with E-state index in [-0.39, 0.29) is 12.6 Å². The Hall–Kier alpha value is -0.870. The van der Waals surface area contributed by atoms with E-state index in [1.807, 2.05) is 0 Å². The molecule has 0 fully saturated rings. The summed E-state index contributed by atoms with van der Waals surface area (Å²) in [5.41, 5.74) is 11.7. The Balaban J connectivity index is 3.59. The first-order valence-electron chi connectivity index (χ1n) is 4.84. The monoisotopic (exact) mass is 200 g/mol. The Morgan fingerprint density at radius 2 is 2.14 bits per heavy atom. The summed E-state index contributed by atoms with van der Waals surface area (Å²) < 4.78 is 4.90. The van der Waals surface area contributed by atoms with Crippen molar-refractivity contribution >= 4 is 5.97 Å². The zero-order valence-electron chi connectivity index (χ0n) is 8.79. The van der Waals surface area contributed by atoms with Crippen LogP contribution < -0.4 is 11.5 Å². The molecule has 0 saturated heterocycles. The van der Waals surface area contributed by atoms with Gasteiger partial charge in [0.1, 0.15) is 12.6 Å². The summed E-state index contributed by atoms with van der Waals surface area (Å²) in [6.07, 6.45) is 2.38. The number of rotatable bonds is 7. The lowest BCUT2D eigenvalue weighted by molar-refractivity contribution is -0.144. The lowest BCUT2D eigenvalue weighted by atomic mass is 10.1. The quantitative estimate of drug-likeness (QED) is 0.357. The van der Waals surface area contributed by atoms with Crippen LogP contribution in [-0.2, 0) is 9.53 Å². The van der Waals surface area contributed by atoms with Crippen molar-refractivity contribution in [3.8, 4) is 0 Å². The Morgan fingerprint density at radius 1 is 1.50 bits per heavy atom. The van der Waals surface area contributed by atoms with Gasteiger partial charge in [0, 0.05) is 0 Å². The number of carbonyl (C=O) groups excluding carboxylic acids is 1. The van der Waals surface area contributed by atoms with Gasteiger partial charge in [0.15, 0.2) is 0 Å². The molecule has 0 heterocycles. The second-order valence-corrected chi connectivity index (χ2v) is 3.46. The number of hydrogen-bond acceptors (Lipinski definition) is 4. The van der Waals surface area contributed by atoms with Gasteiger partial charge in [-0.3, -0.25) is 4.79 Å². The van der Waals surface area contributed by atoms with Crippen molar-refractivity contribution in [1.29, 1.82) is 0 Å². The third-order valence-electron chi connectivity index (χ3n) is 1.73. The van der Waals surface area contributed by atoms with E-state index < -0.39 is 6.04 Å². The van der Waals surface area contributed by atoms with Crippen molar-refractivity contribution < 1.29 is 9.53 Å². The van der Waals surface area contributed by atoms with Crippen molar-refractivity contribution in [1.82, 2.24) is 0 Å². The minimum atomic E-state index is -0.527. The molecule has 4 nitrogen and oxygen atoms in total. The molecule has 0 bridgehead atoms. The van der Waals surface area contributed by atoms with Gasteiger partial charge in [-0.2, -0.15) is 0 Å². The Labute approximate surface area is 85.3 Å². The van der Waals surface area contributed by atoms with Crippen molar-refractivity contribution in [2.75, 3.05) is 13.2 Å². The fourth-order valence-electron chi connectivity index (χ4n) is 0.928. The van der Waals surface area contributed by atoms with E-state index in [0.717, 1.165) is 18.4 Å². The van der Waals surface area contributed by atoms with Gasteiger partial charge >= 0.3 is 5.97 Å². The zero-order chi connectivity index (χ0) is 11.0. The fourth-order valence-corrected chi connectivity index (χ4v) is 0.928. The summed E-state index contributed by atoms with van der Waals surface area (Å²) in [6, 6.07) is -0.527. The topological polar surface area (TPSA) is 78.3 Å². The largest absolute Gasteiger partial charge is 0.460 e. The van der Waals surface area contributed by atoms with E-state index >= 15 is 0 Å². The molecule has 0 aliphatic heterocycles. The zero-order valence-corrected chi connectivity index (χ0v) is 8.79. The van der Waals surface area contributed by atoms with Gasteiger partial charge in [0.2, 0.25) is 0 Å². The van der Waals surface area contributed by atoms with Gasteiger partial charge in [0.25, 0.3) is 0 Å². The van der Waals surface area contributed by atoms with E-state index in [1.54, 1.807) is 6.92 Å². The summed E-state index contributed by atoms with van der Waals surface area (Å²) in [6.45, 7) is 6.31. The summed E-state index contributed by atoms with van der Waals surface area (Å²) in [5, 5.41) is 0. The molecule has 4 heteroatoms. The summed E-state index contributed by atoms with van der Waals surface area (Å²) in [5.74, 6) is -0.356. The molecule has 0 spiro atoms. The molecule has 1 atom stereocenters. The molecule has 0 aliphatic carbocycles. The molecule has 0 rings (SSSR count). The molecule has 0 aliphatic rings. The maximum absolute atomic E-state index is 11.2. The van der Waals surface area contributed by atoms with Crippen LogP contribution in [0.15, 0.2) is 12.2 Å². The van der Waals surface area contributed by atoms with Gasteiger partial charge in [-0.1, -0.05) is 13.0 Å². The third-order valence-corrected chi connectivity index (χ3v) is 1.73. The van der Waals surface area contributed by atoms with Crippen molar-refractivity contribution in [2.45, 2.75) is 32.2 Å². The average molecular weight is 200 g/mol. The standard InChI is InChI=1S/C10H20N2O2/c1-8(2)7-14-10(13)9(12)5-3-4-6-11/h9H,1,3-7,11-12H2,2H3/t9-/m0/s1. The summed E-state index contributed by atoms with van der Waals surface area (Å²) >= 11 is 0. The summed E-state index contributed by atoms with van der Waals surface area (Å²) in [4.78, 5) is 11.2. The normalized spacial score (nSPS) is 12.2. The van der Waals surface area contributed by atoms with Crippen molar-refractivity contribution in [3.63, 3.8) is 0 Å². The molecular formula is C10H20N2O2. The first-order valence-corrected chi connectivity index (χ1v) is 4.84. The predicted octanol–water partition coefficient (Wildman–Crippen LogP) is 0.562. The smallest absolute Gasteiger partial charge is 0.323 e. The highest BCUT2D eigenvalue weighted by Gasteiger charge is 2.13. The van der Waals surface area contributed by atoms with Gasteiger partial charge in [0.05, 0.1) is 0 Å². The van der Waals surface area contributed by atoms with Crippen molar-refractivity contribution in [2.24, 2.45) is 11.5 Å². The SMILES string of the molecule is C=C(C)COC(=O)[C@@H](N)CCCCN. The lowest BCUT2D eigenvalue weighted by Gasteiger charge is -2.10. The van der Waals surface area contributed by atoms with Crippen LogP contribution in [0.5, 0.6) is 0 Å². The average Bonchev–Trinajstić information content (AvgIpc) is 2.14. The minimum absolute atomic E-state index is 0.253. The molecule has 0 unspecified atom stereocenters.